The third kappa shape index (κ3) is 4.35. The molecule has 0 saturated carbocycles. The fourth-order valence-electron chi connectivity index (χ4n) is 1.89. The van der Waals surface area contributed by atoms with Crippen LogP contribution in [0.15, 0.2) is 12.1 Å². The second-order valence-corrected chi connectivity index (χ2v) is 6.80. The fourth-order valence-corrected chi connectivity index (χ4v) is 2.77. The van der Waals surface area contributed by atoms with E-state index in [1.807, 2.05) is 6.92 Å². The number of carbonyl (C=O) groups is 1. The van der Waals surface area contributed by atoms with Gasteiger partial charge in [-0.1, -0.05) is 18.5 Å². The predicted molar refractivity (Wildman–Crippen MR) is 82.9 cm³/mol. The van der Waals surface area contributed by atoms with E-state index in [1.54, 1.807) is 12.1 Å². The number of benzene rings is 1. The molecule has 0 aromatic heterocycles. The maximum Gasteiger partial charge on any atom is 0.251 e. The minimum absolute atomic E-state index is 0.263. The monoisotopic (exact) mass is 331 g/mol. The highest BCUT2D eigenvalue weighted by Crippen LogP contribution is 2.37. The van der Waals surface area contributed by atoms with Crippen molar-refractivity contribution in [2.24, 2.45) is 0 Å². The molecule has 2 rings (SSSR count). The topological polar surface area (TPSA) is 64.6 Å². The van der Waals surface area contributed by atoms with E-state index < -0.39 is 10.8 Å². The Bertz CT molecular complexity index is 550. The number of hydrogen-bond acceptors (Lipinski definition) is 4. The average Bonchev–Trinajstić information content (AvgIpc) is 2.72. The largest absolute Gasteiger partial charge is 0.489 e. The first kappa shape index (κ1) is 16.1. The summed E-state index contributed by atoms with van der Waals surface area (Å²) >= 11 is 6.14. The lowest BCUT2D eigenvalue weighted by Gasteiger charge is -2.11. The van der Waals surface area contributed by atoms with E-state index in [9.17, 15) is 9.00 Å². The zero-order chi connectivity index (χ0) is 15.2. The number of hydrogen-bond donors (Lipinski definition) is 1. The van der Waals surface area contributed by atoms with Crippen LogP contribution in [0, 0.1) is 0 Å². The van der Waals surface area contributed by atoms with Crippen LogP contribution in [0.5, 0.6) is 11.5 Å². The number of halogens is 1. The number of carbonyl (C=O) groups excluding carboxylic acids is 1. The summed E-state index contributed by atoms with van der Waals surface area (Å²) in [7, 11) is -0.894. The number of ether oxygens (including phenoxy) is 2. The van der Waals surface area contributed by atoms with Crippen molar-refractivity contribution in [1.82, 2.24) is 5.32 Å². The van der Waals surface area contributed by atoms with E-state index >= 15 is 0 Å². The molecule has 1 aromatic rings. The van der Waals surface area contributed by atoms with Gasteiger partial charge < -0.3 is 14.8 Å². The van der Waals surface area contributed by atoms with Crippen LogP contribution in [-0.4, -0.2) is 41.4 Å². The van der Waals surface area contributed by atoms with E-state index in [4.69, 9.17) is 21.1 Å². The van der Waals surface area contributed by atoms with E-state index in [-0.39, 0.29) is 5.91 Å². The van der Waals surface area contributed by atoms with Gasteiger partial charge in [0.15, 0.2) is 11.5 Å². The van der Waals surface area contributed by atoms with Gasteiger partial charge in [0.1, 0.15) is 0 Å². The molecule has 0 bridgehead atoms. The summed E-state index contributed by atoms with van der Waals surface area (Å²) in [6, 6.07) is 3.18. The lowest BCUT2D eigenvalue weighted by Crippen LogP contribution is -2.28. The lowest BCUT2D eigenvalue weighted by molar-refractivity contribution is 0.0955. The molecule has 1 unspecified atom stereocenters. The molecule has 1 amide bonds. The molecule has 1 N–H and O–H groups in total. The molecule has 5 nitrogen and oxygen atoms in total. The molecular formula is C14H18ClNO4S. The summed E-state index contributed by atoms with van der Waals surface area (Å²) < 4.78 is 22.4. The van der Waals surface area contributed by atoms with Gasteiger partial charge in [0.25, 0.3) is 5.91 Å². The van der Waals surface area contributed by atoms with E-state index in [0.717, 1.165) is 6.42 Å². The Balaban J connectivity index is 2.06. The van der Waals surface area contributed by atoms with Crippen LogP contribution in [-0.2, 0) is 10.8 Å². The van der Waals surface area contributed by atoms with Crippen molar-refractivity contribution in [2.45, 2.75) is 13.3 Å². The van der Waals surface area contributed by atoms with Gasteiger partial charge >= 0.3 is 0 Å². The Kier molecular flexibility index (Phi) is 5.87. The van der Waals surface area contributed by atoms with Gasteiger partial charge in [-0.2, -0.15) is 0 Å². The summed E-state index contributed by atoms with van der Waals surface area (Å²) in [5, 5.41) is 3.08. The number of amides is 1. The van der Waals surface area contributed by atoms with Crippen LogP contribution in [0.2, 0.25) is 5.02 Å². The van der Waals surface area contributed by atoms with Crippen molar-refractivity contribution in [1.29, 1.82) is 0 Å². The second-order valence-electron chi connectivity index (χ2n) is 4.52. The molecule has 7 heteroatoms. The molecule has 21 heavy (non-hydrogen) atoms. The maximum atomic E-state index is 12.1. The van der Waals surface area contributed by atoms with Crippen molar-refractivity contribution in [2.75, 3.05) is 31.3 Å². The van der Waals surface area contributed by atoms with Gasteiger partial charge in [-0.05, 0) is 12.1 Å². The van der Waals surface area contributed by atoms with Crippen molar-refractivity contribution in [3.8, 4) is 11.5 Å². The maximum absolute atomic E-state index is 12.1. The average molecular weight is 332 g/mol. The zero-order valence-electron chi connectivity index (χ0n) is 11.8. The standard InChI is InChI=1S/C14H18ClNO4S/c1-2-21(18)7-4-16-14(17)10-8-11(15)13-12(9-10)19-5-3-6-20-13/h8-9H,2-7H2,1H3,(H,16,17). The summed E-state index contributed by atoms with van der Waals surface area (Å²) in [4.78, 5) is 12.1. The molecule has 1 aliphatic rings. The molecular weight excluding hydrogens is 314 g/mol. The Labute approximate surface area is 131 Å². The highest BCUT2D eigenvalue weighted by Gasteiger charge is 2.18. The van der Waals surface area contributed by atoms with Gasteiger partial charge in [-0.3, -0.25) is 9.00 Å². The first-order valence-corrected chi connectivity index (χ1v) is 8.70. The predicted octanol–water partition coefficient (Wildman–Crippen LogP) is 2.00. The first-order valence-electron chi connectivity index (χ1n) is 6.84. The molecule has 0 saturated heterocycles. The third-order valence-corrected chi connectivity index (χ3v) is 4.59. The molecule has 0 spiro atoms. The van der Waals surface area contributed by atoms with Gasteiger partial charge in [0.2, 0.25) is 0 Å². The van der Waals surface area contributed by atoms with E-state index in [1.165, 1.54) is 0 Å². The van der Waals surface area contributed by atoms with Crippen molar-refractivity contribution >= 4 is 28.3 Å². The van der Waals surface area contributed by atoms with Crippen molar-refractivity contribution in [3.63, 3.8) is 0 Å². The summed E-state index contributed by atoms with van der Waals surface area (Å²) in [5.74, 6) is 1.74. The minimum atomic E-state index is -0.894. The Morgan fingerprint density at radius 1 is 1.38 bits per heavy atom. The zero-order valence-corrected chi connectivity index (χ0v) is 13.4. The molecule has 0 aliphatic carbocycles. The van der Waals surface area contributed by atoms with Gasteiger partial charge in [-0.25, -0.2) is 0 Å². The third-order valence-electron chi connectivity index (χ3n) is 3.00. The van der Waals surface area contributed by atoms with Crippen LogP contribution in [0.4, 0.5) is 0 Å². The van der Waals surface area contributed by atoms with Crippen LogP contribution < -0.4 is 14.8 Å². The molecule has 1 aromatic carbocycles. The van der Waals surface area contributed by atoms with Crippen LogP contribution >= 0.6 is 11.6 Å². The van der Waals surface area contributed by atoms with Gasteiger partial charge in [0, 0.05) is 40.8 Å². The van der Waals surface area contributed by atoms with E-state index in [2.05, 4.69) is 5.32 Å². The molecule has 0 fully saturated rings. The normalized spacial score (nSPS) is 15.1. The quantitative estimate of drug-likeness (QED) is 0.896. The number of rotatable bonds is 5. The number of fused-ring (bicyclic) bond motifs is 1. The molecule has 1 aliphatic heterocycles. The SMILES string of the molecule is CCS(=O)CCNC(=O)c1cc(Cl)c2c(c1)OCCCO2. The molecule has 0 radical (unpaired) electrons. The minimum Gasteiger partial charge on any atom is -0.489 e. The Hall–Kier alpha value is -1.27. The lowest BCUT2D eigenvalue weighted by atomic mass is 10.2. The van der Waals surface area contributed by atoms with Crippen molar-refractivity contribution < 1.29 is 18.5 Å². The first-order chi connectivity index (χ1) is 10.1. The van der Waals surface area contributed by atoms with E-state index in [0.29, 0.717) is 53.3 Å². The Morgan fingerprint density at radius 2 is 2.14 bits per heavy atom. The molecule has 1 atom stereocenters. The Morgan fingerprint density at radius 3 is 2.90 bits per heavy atom. The second kappa shape index (κ2) is 7.66. The smallest absolute Gasteiger partial charge is 0.251 e. The summed E-state index contributed by atoms with van der Waals surface area (Å²) in [6.45, 7) is 3.29. The van der Waals surface area contributed by atoms with Crippen molar-refractivity contribution in [3.05, 3.63) is 22.7 Å². The highest BCUT2D eigenvalue weighted by atomic mass is 35.5. The van der Waals surface area contributed by atoms with Crippen LogP contribution in [0.3, 0.4) is 0 Å². The molecule has 116 valence electrons. The summed E-state index contributed by atoms with van der Waals surface area (Å²) in [5.41, 5.74) is 0.409. The van der Waals surface area contributed by atoms with Crippen LogP contribution in [0.25, 0.3) is 0 Å². The number of nitrogens with one attached hydrogen (secondary N) is 1. The fraction of sp³-hybridized carbons (Fsp3) is 0.500. The molecule has 1 heterocycles. The van der Waals surface area contributed by atoms with Crippen LogP contribution in [0.1, 0.15) is 23.7 Å². The van der Waals surface area contributed by atoms with Gasteiger partial charge in [0.05, 0.1) is 18.2 Å². The highest BCUT2D eigenvalue weighted by molar-refractivity contribution is 7.84. The summed E-state index contributed by atoms with van der Waals surface area (Å²) in [6.07, 6.45) is 0.773. The van der Waals surface area contributed by atoms with Gasteiger partial charge in [-0.15, -0.1) is 0 Å².